The average Bonchev–Trinajstić information content (AvgIpc) is 2.73. The van der Waals surface area contributed by atoms with E-state index < -0.39 is 5.91 Å². The zero-order valence-electron chi connectivity index (χ0n) is 11.8. The van der Waals surface area contributed by atoms with E-state index in [0.29, 0.717) is 5.56 Å². The summed E-state index contributed by atoms with van der Waals surface area (Å²) in [6, 6.07) is 5.49. The van der Waals surface area contributed by atoms with Gasteiger partial charge in [-0.1, -0.05) is 0 Å². The lowest BCUT2D eigenvalue weighted by Crippen LogP contribution is -2.12. The van der Waals surface area contributed by atoms with Crippen molar-refractivity contribution in [3.05, 3.63) is 41.3 Å². The van der Waals surface area contributed by atoms with E-state index in [1.54, 1.807) is 12.1 Å². The van der Waals surface area contributed by atoms with Crippen LogP contribution in [-0.4, -0.2) is 27.2 Å². The zero-order valence-corrected chi connectivity index (χ0v) is 11.8. The topological polar surface area (TPSA) is 85.8 Å². The summed E-state index contributed by atoms with van der Waals surface area (Å²) in [5.74, 6) is 0.275. The van der Waals surface area contributed by atoms with Crippen molar-refractivity contribution in [2.24, 2.45) is 5.73 Å². The van der Waals surface area contributed by atoms with Crippen LogP contribution >= 0.6 is 0 Å². The van der Waals surface area contributed by atoms with Crippen LogP contribution in [0.25, 0.3) is 0 Å². The van der Waals surface area contributed by atoms with Crippen molar-refractivity contribution < 1.29 is 4.79 Å². The molecule has 20 heavy (non-hydrogen) atoms. The lowest BCUT2D eigenvalue weighted by Gasteiger charge is -2.07. The van der Waals surface area contributed by atoms with Crippen LogP contribution in [0, 0.1) is 13.8 Å². The fourth-order valence-corrected chi connectivity index (χ4v) is 1.99. The van der Waals surface area contributed by atoms with Gasteiger partial charge in [-0.2, -0.15) is 5.10 Å². The van der Waals surface area contributed by atoms with Gasteiger partial charge in [0.1, 0.15) is 5.82 Å². The largest absolute Gasteiger partial charge is 0.370 e. The van der Waals surface area contributed by atoms with Crippen LogP contribution in [0.2, 0.25) is 0 Å². The van der Waals surface area contributed by atoms with Crippen molar-refractivity contribution in [3.63, 3.8) is 0 Å². The van der Waals surface area contributed by atoms with Gasteiger partial charge in [-0.05, 0) is 38.5 Å². The van der Waals surface area contributed by atoms with Crippen molar-refractivity contribution in [3.8, 4) is 0 Å². The molecule has 0 saturated carbocycles. The van der Waals surface area contributed by atoms with E-state index in [2.05, 4.69) is 28.4 Å². The van der Waals surface area contributed by atoms with E-state index in [-0.39, 0.29) is 0 Å². The summed E-state index contributed by atoms with van der Waals surface area (Å²) < 4.78 is 2.00. The standard InChI is InChI=1S/C14H19N5O/c1-10-8-11(2)19(18-10)7-3-6-16-13-5-4-12(9-17-13)14(15)20/h4-5,8-9H,3,6-7H2,1-2H3,(H2,15,20)(H,16,17). The second-order valence-electron chi connectivity index (χ2n) is 4.73. The summed E-state index contributed by atoms with van der Waals surface area (Å²) in [7, 11) is 0. The molecular formula is C14H19N5O. The summed E-state index contributed by atoms with van der Waals surface area (Å²) in [5.41, 5.74) is 7.79. The van der Waals surface area contributed by atoms with E-state index in [4.69, 9.17) is 5.73 Å². The third-order valence-corrected chi connectivity index (χ3v) is 3.00. The molecule has 3 N–H and O–H groups in total. The number of rotatable bonds is 6. The normalized spacial score (nSPS) is 10.5. The van der Waals surface area contributed by atoms with Crippen LogP contribution in [0.4, 0.5) is 5.82 Å². The number of aromatic nitrogens is 3. The van der Waals surface area contributed by atoms with E-state index >= 15 is 0 Å². The minimum atomic E-state index is -0.464. The summed E-state index contributed by atoms with van der Waals surface area (Å²) in [6.45, 7) is 5.71. The number of nitrogens with one attached hydrogen (secondary N) is 1. The van der Waals surface area contributed by atoms with Crippen molar-refractivity contribution in [1.82, 2.24) is 14.8 Å². The Morgan fingerprint density at radius 2 is 2.20 bits per heavy atom. The van der Waals surface area contributed by atoms with E-state index in [1.807, 2.05) is 11.6 Å². The summed E-state index contributed by atoms with van der Waals surface area (Å²) in [6.07, 6.45) is 2.42. The lowest BCUT2D eigenvalue weighted by molar-refractivity contribution is 0.1000. The molecule has 0 unspecified atom stereocenters. The Balaban J connectivity index is 1.78. The first kappa shape index (κ1) is 14.0. The summed E-state index contributed by atoms with van der Waals surface area (Å²) >= 11 is 0. The molecule has 106 valence electrons. The number of carbonyl (C=O) groups is 1. The van der Waals surface area contributed by atoms with Crippen LogP contribution in [0.15, 0.2) is 24.4 Å². The van der Waals surface area contributed by atoms with Gasteiger partial charge in [-0.15, -0.1) is 0 Å². The maximum absolute atomic E-state index is 10.9. The number of carbonyl (C=O) groups excluding carboxylic acids is 1. The van der Waals surface area contributed by atoms with Gasteiger partial charge in [-0.3, -0.25) is 9.48 Å². The molecular weight excluding hydrogens is 254 g/mol. The molecule has 2 rings (SSSR count). The van der Waals surface area contributed by atoms with E-state index in [9.17, 15) is 4.79 Å². The average molecular weight is 273 g/mol. The molecule has 0 aliphatic rings. The number of pyridine rings is 1. The molecule has 6 nitrogen and oxygen atoms in total. The third-order valence-electron chi connectivity index (χ3n) is 3.00. The quantitative estimate of drug-likeness (QED) is 0.781. The molecule has 0 aliphatic carbocycles. The summed E-state index contributed by atoms with van der Waals surface area (Å²) in [4.78, 5) is 15.0. The molecule has 0 aromatic carbocycles. The van der Waals surface area contributed by atoms with Crippen molar-refractivity contribution in [2.75, 3.05) is 11.9 Å². The number of amides is 1. The van der Waals surface area contributed by atoms with Crippen molar-refractivity contribution in [2.45, 2.75) is 26.8 Å². The first-order valence-corrected chi connectivity index (χ1v) is 6.57. The molecule has 6 heteroatoms. The molecule has 0 aliphatic heterocycles. The number of primary amides is 1. The number of nitrogens with two attached hydrogens (primary N) is 1. The number of nitrogens with zero attached hydrogens (tertiary/aromatic N) is 3. The van der Waals surface area contributed by atoms with Crippen LogP contribution in [0.5, 0.6) is 0 Å². The van der Waals surface area contributed by atoms with Crippen molar-refractivity contribution in [1.29, 1.82) is 0 Å². The minimum Gasteiger partial charge on any atom is -0.370 e. The Labute approximate surface area is 118 Å². The van der Waals surface area contributed by atoms with Gasteiger partial charge in [-0.25, -0.2) is 4.98 Å². The van der Waals surface area contributed by atoms with Gasteiger partial charge < -0.3 is 11.1 Å². The molecule has 0 spiro atoms. The molecule has 1 amide bonds. The predicted molar refractivity (Wildman–Crippen MR) is 77.6 cm³/mol. The monoisotopic (exact) mass is 273 g/mol. The number of hydrogen-bond acceptors (Lipinski definition) is 4. The fourth-order valence-electron chi connectivity index (χ4n) is 1.99. The van der Waals surface area contributed by atoms with Gasteiger partial charge in [0.2, 0.25) is 5.91 Å². The molecule has 2 heterocycles. The first-order valence-electron chi connectivity index (χ1n) is 6.57. The van der Waals surface area contributed by atoms with Gasteiger partial charge in [0.15, 0.2) is 0 Å². The molecule has 0 bridgehead atoms. The second-order valence-corrected chi connectivity index (χ2v) is 4.73. The van der Waals surface area contributed by atoms with Crippen LogP contribution in [-0.2, 0) is 6.54 Å². The predicted octanol–water partition coefficient (Wildman–Crippen LogP) is 1.50. The number of anilines is 1. The molecule has 0 radical (unpaired) electrons. The Morgan fingerprint density at radius 1 is 1.40 bits per heavy atom. The van der Waals surface area contributed by atoms with Gasteiger partial charge in [0.05, 0.1) is 11.3 Å². The maximum Gasteiger partial charge on any atom is 0.250 e. The second kappa shape index (κ2) is 6.18. The van der Waals surface area contributed by atoms with Gasteiger partial charge in [0.25, 0.3) is 0 Å². The SMILES string of the molecule is Cc1cc(C)n(CCCNc2ccc(C(N)=O)cn2)n1. The molecule has 0 saturated heterocycles. The molecule has 2 aromatic rings. The van der Waals surface area contributed by atoms with Crippen molar-refractivity contribution >= 4 is 11.7 Å². The van der Waals surface area contributed by atoms with Gasteiger partial charge in [0, 0.05) is 25.0 Å². The van der Waals surface area contributed by atoms with Crippen LogP contribution in [0.1, 0.15) is 28.2 Å². The maximum atomic E-state index is 10.9. The van der Waals surface area contributed by atoms with Crippen LogP contribution < -0.4 is 11.1 Å². The third kappa shape index (κ3) is 3.57. The Kier molecular flexibility index (Phi) is 4.34. The summed E-state index contributed by atoms with van der Waals surface area (Å²) in [5, 5.41) is 7.61. The minimum absolute atomic E-state index is 0.415. The van der Waals surface area contributed by atoms with E-state index in [1.165, 1.54) is 11.9 Å². The van der Waals surface area contributed by atoms with Gasteiger partial charge >= 0.3 is 0 Å². The number of aryl methyl sites for hydroxylation is 3. The molecule has 0 fully saturated rings. The molecule has 2 aromatic heterocycles. The zero-order chi connectivity index (χ0) is 14.5. The molecule has 0 atom stereocenters. The fraction of sp³-hybridized carbons (Fsp3) is 0.357. The van der Waals surface area contributed by atoms with E-state index in [0.717, 1.165) is 31.0 Å². The Morgan fingerprint density at radius 3 is 2.75 bits per heavy atom. The Hall–Kier alpha value is -2.37. The lowest BCUT2D eigenvalue weighted by atomic mass is 10.3. The van der Waals surface area contributed by atoms with Crippen LogP contribution in [0.3, 0.4) is 0 Å². The highest BCUT2D eigenvalue weighted by Crippen LogP contribution is 2.06. The highest BCUT2D eigenvalue weighted by molar-refractivity contribution is 5.92. The smallest absolute Gasteiger partial charge is 0.250 e. The number of hydrogen-bond donors (Lipinski definition) is 2. The first-order chi connectivity index (χ1) is 9.56. The Bertz CT molecular complexity index is 588. The highest BCUT2D eigenvalue weighted by atomic mass is 16.1. The highest BCUT2D eigenvalue weighted by Gasteiger charge is 2.02.